The van der Waals surface area contributed by atoms with Crippen molar-refractivity contribution in [2.45, 2.75) is 0 Å². The van der Waals surface area contributed by atoms with E-state index in [1.807, 2.05) is 6.26 Å². The maximum atomic E-state index is 5.37. The molecule has 0 radical (unpaired) electrons. The molecule has 0 bridgehead atoms. The summed E-state index contributed by atoms with van der Waals surface area (Å²) < 4.78 is 0.811. The Morgan fingerprint density at radius 2 is 2.50 bits per heavy atom. The fourth-order valence-corrected chi connectivity index (χ4v) is 0.664. The molecule has 8 heavy (non-hydrogen) atoms. The normalized spacial score (nSPS) is 8.75. The van der Waals surface area contributed by atoms with Crippen LogP contribution in [-0.4, -0.2) is 23.0 Å². The molecule has 0 aromatic heterocycles. The molecule has 0 heterocycles. The third kappa shape index (κ3) is 4.68. The fraction of sp³-hybridized carbons (Fsp3) is 0.750. The van der Waals surface area contributed by atoms with E-state index < -0.39 is 0 Å². The van der Waals surface area contributed by atoms with E-state index in [1.54, 1.807) is 0 Å². The van der Waals surface area contributed by atoms with Crippen molar-refractivity contribution < 1.29 is 0 Å². The van der Waals surface area contributed by atoms with Gasteiger partial charge in [0.2, 0.25) is 0 Å². The highest BCUT2D eigenvalue weighted by Crippen LogP contribution is 1.92. The molecular formula is C4H8ClNS2. The summed E-state index contributed by atoms with van der Waals surface area (Å²) in [5, 5.41) is 2.94. The summed E-state index contributed by atoms with van der Waals surface area (Å²) in [5.41, 5.74) is 0. The zero-order valence-corrected chi connectivity index (χ0v) is 7.00. The Hall–Kier alpha value is 0.530. The van der Waals surface area contributed by atoms with E-state index in [-0.39, 0.29) is 0 Å². The Kier molecular flexibility index (Phi) is 6.04. The van der Waals surface area contributed by atoms with Crippen LogP contribution < -0.4 is 5.32 Å². The number of halogens is 1. The van der Waals surface area contributed by atoms with Gasteiger partial charge < -0.3 is 5.32 Å². The molecule has 0 amide bonds. The van der Waals surface area contributed by atoms with Crippen LogP contribution in [0.4, 0.5) is 0 Å². The minimum Gasteiger partial charge on any atom is -0.370 e. The average Bonchev–Trinajstić information content (AvgIpc) is 1.83. The quantitative estimate of drug-likeness (QED) is 0.497. The largest absolute Gasteiger partial charge is 0.370 e. The lowest BCUT2D eigenvalue weighted by Gasteiger charge is -1.99. The molecule has 0 aliphatic heterocycles. The first kappa shape index (κ1) is 8.53. The lowest BCUT2D eigenvalue weighted by Crippen LogP contribution is -2.19. The number of thioether (sulfide) groups is 1. The van der Waals surface area contributed by atoms with Gasteiger partial charge in [-0.1, -0.05) is 12.2 Å². The molecule has 1 N–H and O–H groups in total. The first-order valence-electron chi connectivity index (χ1n) is 2.19. The topological polar surface area (TPSA) is 12.0 Å². The summed E-state index contributed by atoms with van der Waals surface area (Å²) in [6.45, 7) is 0.765. The van der Waals surface area contributed by atoms with Crippen molar-refractivity contribution in [1.82, 2.24) is 5.32 Å². The highest BCUT2D eigenvalue weighted by molar-refractivity contribution is 8.22. The van der Waals surface area contributed by atoms with Crippen LogP contribution in [-0.2, 0) is 0 Å². The van der Waals surface area contributed by atoms with Crippen molar-refractivity contribution in [3.8, 4) is 0 Å². The van der Waals surface area contributed by atoms with E-state index in [0.29, 0.717) is 5.88 Å². The van der Waals surface area contributed by atoms with E-state index in [0.717, 1.165) is 10.9 Å². The number of nitrogens with one attached hydrogen (secondary N) is 1. The molecule has 0 aromatic carbocycles. The summed E-state index contributed by atoms with van der Waals surface area (Å²) in [5.74, 6) is 0.612. The summed E-state index contributed by atoms with van der Waals surface area (Å²) in [4.78, 5) is 0. The van der Waals surface area contributed by atoms with Crippen LogP contribution in [0.3, 0.4) is 0 Å². The molecule has 0 saturated carbocycles. The van der Waals surface area contributed by atoms with Gasteiger partial charge in [0.05, 0.1) is 0 Å². The van der Waals surface area contributed by atoms with E-state index in [9.17, 15) is 0 Å². The Labute approximate surface area is 64.2 Å². The Bertz CT molecular complexity index is 76.4. The smallest absolute Gasteiger partial charge is 0.133 e. The van der Waals surface area contributed by atoms with E-state index >= 15 is 0 Å². The molecule has 0 fully saturated rings. The van der Waals surface area contributed by atoms with Crippen LogP contribution in [0.25, 0.3) is 0 Å². The van der Waals surface area contributed by atoms with Gasteiger partial charge in [-0.15, -0.1) is 23.4 Å². The number of thiocarbonyl (C=S) groups is 1. The lowest BCUT2D eigenvalue weighted by molar-refractivity contribution is 1.00. The Morgan fingerprint density at radius 1 is 1.88 bits per heavy atom. The maximum Gasteiger partial charge on any atom is 0.133 e. The average molecular weight is 170 g/mol. The van der Waals surface area contributed by atoms with Crippen molar-refractivity contribution in [2.75, 3.05) is 18.7 Å². The van der Waals surface area contributed by atoms with E-state index in [2.05, 4.69) is 5.32 Å². The molecule has 0 saturated heterocycles. The second-order valence-corrected chi connectivity index (χ2v) is 2.97. The number of hydrogen-bond donors (Lipinski definition) is 1. The molecule has 0 aromatic rings. The minimum absolute atomic E-state index is 0.612. The number of hydrogen-bond acceptors (Lipinski definition) is 2. The fourth-order valence-electron chi connectivity index (χ4n) is 0.221. The summed E-state index contributed by atoms with van der Waals surface area (Å²) >= 11 is 11.7. The van der Waals surface area contributed by atoms with Gasteiger partial charge in [-0.25, -0.2) is 0 Å². The van der Waals surface area contributed by atoms with Crippen LogP contribution in [0, 0.1) is 0 Å². The Morgan fingerprint density at radius 3 is 2.88 bits per heavy atom. The van der Waals surface area contributed by atoms with Crippen molar-refractivity contribution >= 4 is 39.9 Å². The molecule has 1 nitrogen and oxygen atoms in total. The second kappa shape index (κ2) is 5.66. The van der Waals surface area contributed by atoms with Crippen LogP contribution in [0.2, 0.25) is 0 Å². The molecule has 4 heteroatoms. The van der Waals surface area contributed by atoms with Gasteiger partial charge in [0, 0.05) is 12.4 Å². The zero-order valence-electron chi connectivity index (χ0n) is 4.61. The lowest BCUT2D eigenvalue weighted by atomic mass is 10.8. The monoisotopic (exact) mass is 169 g/mol. The molecule has 0 unspecified atom stereocenters. The standard InChI is InChI=1S/C4H8ClNS2/c1-8-4(7)6-3-2-5/h2-3H2,1H3,(H,6,7). The molecule has 0 aliphatic carbocycles. The van der Waals surface area contributed by atoms with E-state index in [4.69, 9.17) is 23.8 Å². The molecule has 48 valence electrons. The van der Waals surface area contributed by atoms with Gasteiger partial charge in [-0.2, -0.15) is 0 Å². The number of alkyl halides is 1. The van der Waals surface area contributed by atoms with Crippen LogP contribution in [0.5, 0.6) is 0 Å². The van der Waals surface area contributed by atoms with Gasteiger partial charge in [0.15, 0.2) is 0 Å². The predicted octanol–water partition coefficient (Wildman–Crippen LogP) is 1.46. The SMILES string of the molecule is CSC(=S)NCCCl. The molecular weight excluding hydrogens is 162 g/mol. The van der Waals surface area contributed by atoms with Crippen LogP contribution in [0.1, 0.15) is 0 Å². The first-order valence-corrected chi connectivity index (χ1v) is 4.35. The third-order valence-corrected chi connectivity index (χ3v) is 1.90. The third-order valence-electron chi connectivity index (χ3n) is 0.549. The molecule has 0 rings (SSSR count). The molecule has 0 aliphatic rings. The van der Waals surface area contributed by atoms with Crippen LogP contribution >= 0.6 is 35.6 Å². The highest BCUT2D eigenvalue weighted by atomic mass is 35.5. The predicted molar refractivity (Wildman–Crippen MR) is 44.8 cm³/mol. The highest BCUT2D eigenvalue weighted by Gasteiger charge is 1.87. The first-order chi connectivity index (χ1) is 3.81. The van der Waals surface area contributed by atoms with Gasteiger partial charge in [-0.3, -0.25) is 0 Å². The van der Waals surface area contributed by atoms with Gasteiger partial charge in [0.25, 0.3) is 0 Å². The van der Waals surface area contributed by atoms with Crippen LogP contribution in [0.15, 0.2) is 0 Å². The Balaban J connectivity index is 2.99. The van der Waals surface area contributed by atoms with Crippen molar-refractivity contribution in [2.24, 2.45) is 0 Å². The summed E-state index contributed by atoms with van der Waals surface area (Å²) in [6.07, 6.45) is 1.93. The van der Waals surface area contributed by atoms with Crippen molar-refractivity contribution in [1.29, 1.82) is 0 Å². The van der Waals surface area contributed by atoms with E-state index in [1.165, 1.54) is 11.8 Å². The van der Waals surface area contributed by atoms with Gasteiger partial charge in [-0.05, 0) is 6.26 Å². The van der Waals surface area contributed by atoms with Gasteiger partial charge >= 0.3 is 0 Å². The summed E-state index contributed by atoms with van der Waals surface area (Å²) in [6, 6.07) is 0. The molecule has 0 spiro atoms. The van der Waals surface area contributed by atoms with Crippen molar-refractivity contribution in [3.05, 3.63) is 0 Å². The zero-order chi connectivity index (χ0) is 6.41. The van der Waals surface area contributed by atoms with Gasteiger partial charge in [0.1, 0.15) is 4.32 Å². The minimum atomic E-state index is 0.612. The second-order valence-electron chi connectivity index (χ2n) is 1.11. The van der Waals surface area contributed by atoms with Crippen molar-refractivity contribution in [3.63, 3.8) is 0 Å². The maximum absolute atomic E-state index is 5.37. The number of rotatable bonds is 2. The summed E-state index contributed by atoms with van der Waals surface area (Å²) in [7, 11) is 0. The molecule has 0 atom stereocenters.